The van der Waals surface area contributed by atoms with E-state index in [4.69, 9.17) is 4.74 Å². The van der Waals surface area contributed by atoms with Crippen molar-refractivity contribution in [2.24, 2.45) is 0 Å². The Bertz CT molecular complexity index is 598. The third-order valence-corrected chi connectivity index (χ3v) is 5.33. The van der Waals surface area contributed by atoms with Crippen LogP contribution in [0.2, 0.25) is 0 Å². The molecule has 0 radical (unpaired) electrons. The van der Waals surface area contributed by atoms with E-state index < -0.39 is 6.10 Å². The molecule has 0 saturated heterocycles. The molecule has 1 heterocycles. The number of rotatable bonds is 3. The number of methoxy groups -OCH3 is 1. The second-order valence-electron chi connectivity index (χ2n) is 5.54. The molecule has 0 aliphatic heterocycles. The molecular weight excluding hydrogens is 268 g/mol. The summed E-state index contributed by atoms with van der Waals surface area (Å²) >= 11 is 1.77. The molecule has 2 nitrogen and oxygen atoms in total. The minimum Gasteiger partial charge on any atom is -0.496 e. The zero-order valence-corrected chi connectivity index (χ0v) is 13.0. The monoisotopic (exact) mass is 288 g/mol. The van der Waals surface area contributed by atoms with Crippen molar-refractivity contribution in [3.63, 3.8) is 0 Å². The van der Waals surface area contributed by atoms with E-state index in [2.05, 4.69) is 6.07 Å². The number of aryl methyl sites for hydroxylation is 4. The van der Waals surface area contributed by atoms with E-state index in [-0.39, 0.29) is 0 Å². The molecule has 3 heteroatoms. The number of aliphatic hydroxyl groups is 1. The first-order valence-corrected chi connectivity index (χ1v) is 7.86. The summed E-state index contributed by atoms with van der Waals surface area (Å²) in [5.41, 5.74) is 4.54. The lowest BCUT2D eigenvalue weighted by Gasteiger charge is -2.14. The number of fused-ring (bicyclic) bond motifs is 1. The van der Waals surface area contributed by atoms with Crippen molar-refractivity contribution in [2.45, 2.75) is 39.2 Å². The van der Waals surface area contributed by atoms with Gasteiger partial charge < -0.3 is 9.84 Å². The van der Waals surface area contributed by atoms with Crippen LogP contribution in [0.25, 0.3) is 0 Å². The van der Waals surface area contributed by atoms with Gasteiger partial charge in [-0.1, -0.05) is 0 Å². The molecule has 0 saturated carbocycles. The Morgan fingerprint density at radius 1 is 1.15 bits per heavy atom. The molecule has 106 valence electrons. The van der Waals surface area contributed by atoms with E-state index in [1.165, 1.54) is 29.7 Å². The maximum Gasteiger partial charge on any atom is 0.124 e. The Morgan fingerprint density at radius 2 is 1.85 bits per heavy atom. The topological polar surface area (TPSA) is 29.5 Å². The lowest BCUT2D eigenvalue weighted by Crippen LogP contribution is -2.00. The molecule has 0 fully saturated rings. The highest BCUT2D eigenvalue weighted by Crippen LogP contribution is 2.37. The summed E-state index contributed by atoms with van der Waals surface area (Å²) in [5, 5.41) is 10.6. The molecule has 0 bridgehead atoms. The third kappa shape index (κ3) is 2.25. The number of ether oxygens (including phenoxy) is 1. The maximum absolute atomic E-state index is 10.6. The van der Waals surface area contributed by atoms with Gasteiger partial charge in [0.2, 0.25) is 0 Å². The van der Waals surface area contributed by atoms with Crippen LogP contribution in [0.1, 0.15) is 44.5 Å². The van der Waals surface area contributed by atoms with E-state index >= 15 is 0 Å². The van der Waals surface area contributed by atoms with E-state index in [1.807, 2.05) is 26.0 Å². The van der Waals surface area contributed by atoms with Crippen LogP contribution in [0.5, 0.6) is 5.75 Å². The van der Waals surface area contributed by atoms with Crippen molar-refractivity contribution in [2.75, 3.05) is 7.11 Å². The van der Waals surface area contributed by atoms with Crippen molar-refractivity contribution >= 4 is 11.3 Å². The van der Waals surface area contributed by atoms with Crippen molar-refractivity contribution in [3.05, 3.63) is 50.2 Å². The quantitative estimate of drug-likeness (QED) is 0.927. The Kier molecular flexibility index (Phi) is 3.57. The molecule has 3 rings (SSSR count). The maximum atomic E-state index is 10.6. The van der Waals surface area contributed by atoms with Crippen molar-refractivity contribution in [3.8, 4) is 5.75 Å². The average molecular weight is 288 g/mol. The second-order valence-corrected chi connectivity index (χ2v) is 6.71. The molecule has 1 aliphatic rings. The van der Waals surface area contributed by atoms with E-state index in [9.17, 15) is 5.11 Å². The predicted molar refractivity (Wildman–Crippen MR) is 82.9 cm³/mol. The highest BCUT2D eigenvalue weighted by molar-refractivity contribution is 7.12. The number of hydrogen-bond acceptors (Lipinski definition) is 3. The van der Waals surface area contributed by atoms with Crippen LogP contribution < -0.4 is 4.74 Å². The van der Waals surface area contributed by atoms with Crippen LogP contribution >= 0.6 is 11.3 Å². The summed E-state index contributed by atoms with van der Waals surface area (Å²) in [5.74, 6) is 0.912. The molecule has 1 N–H and O–H groups in total. The van der Waals surface area contributed by atoms with Gasteiger partial charge in [-0.3, -0.25) is 0 Å². The van der Waals surface area contributed by atoms with Crippen molar-refractivity contribution in [1.29, 1.82) is 0 Å². The fourth-order valence-corrected chi connectivity index (χ4v) is 4.39. The molecule has 1 unspecified atom stereocenters. The lowest BCUT2D eigenvalue weighted by atomic mass is 10.0. The normalized spacial score (nSPS) is 15.2. The number of thiophene rings is 1. The molecule has 1 atom stereocenters. The van der Waals surface area contributed by atoms with Gasteiger partial charge in [0.25, 0.3) is 0 Å². The van der Waals surface area contributed by atoms with Gasteiger partial charge >= 0.3 is 0 Å². The Labute approximate surface area is 124 Å². The van der Waals surface area contributed by atoms with Gasteiger partial charge in [0.15, 0.2) is 0 Å². The van der Waals surface area contributed by atoms with Gasteiger partial charge in [-0.25, -0.2) is 0 Å². The van der Waals surface area contributed by atoms with Crippen LogP contribution in [-0.2, 0) is 12.8 Å². The SMILES string of the molecule is COc1c(C)cc(C(O)c2cc3c(s2)CCC3)cc1C. The van der Waals surface area contributed by atoms with Gasteiger partial charge in [0.1, 0.15) is 11.9 Å². The Morgan fingerprint density at radius 3 is 2.45 bits per heavy atom. The molecule has 0 spiro atoms. The average Bonchev–Trinajstić information content (AvgIpc) is 2.98. The molecule has 2 aromatic rings. The molecule has 20 heavy (non-hydrogen) atoms. The zero-order valence-electron chi connectivity index (χ0n) is 12.2. The minimum atomic E-state index is -0.520. The number of benzene rings is 1. The smallest absolute Gasteiger partial charge is 0.124 e. The predicted octanol–water partition coefficient (Wildman–Crippen LogP) is 3.94. The third-order valence-electron chi connectivity index (χ3n) is 4.04. The Balaban J connectivity index is 1.95. The van der Waals surface area contributed by atoms with Crippen LogP contribution in [-0.4, -0.2) is 12.2 Å². The highest BCUT2D eigenvalue weighted by Gasteiger charge is 2.20. The summed E-state index contributed by atoms with van der Waals surface area (Å²) in [6.07, 6.45) is 3.08. The van der Waals surface area contributed by atoms with Crippen molar-refractivity contribution in [1.82, 2.24) is 0 Å². The summed E-state index contributed by atoms with van der Waals surface area (Å²) in [6, 6.07) is 6.25. The molecule has 1 aromatic carbocycles. The van der Waals surface area contributed by atoms with Crippen LogP contribution in [0.3, 0.4) is 0 Å². The largest absolute Gasteiger partial charge is 0.496 e. The van der Waals surface area contributed by atoms with Gasteiger partial charge in [0.05, 0.1) is 7.11 Å². The van der Waals surface area contributed by atoms with E-state index in [1.54, 1.807) is 18.4 Å². The van der Waals surface area contributed by atoms with Gasteiger partial charge in [-0.05, 0) is 73.6 Å². The van der Waals surface area contributed by atoms with Crippen LogP contribution in [0, 0.1) is 13.8 Å². The highest BCUT2D eigenvalue weighted by atomic mass is 32.1. The number of hydrogen-bond donors (Lipinski definition) is 1. The van der Waals surface area contributed by atoms with Crippen molar-refractivity contribution < 1.29 is 9.84 Å². The molecule has 1 aliphatic carbocycles. The van der Waals surface area contributed by atoms with Gasteiger partial charge in [-0.15, -0.1) is 11.3 Å². The van der Waals surface area contributed by atoms with Gasteiger partial charge in [0, 0.05) is 9.75 Å². The summed E-state index contributed by atoms with van der Waals surface area (Å²) in [6.45, 7) is 4.05. The first-order chi connectivity index (χ1) is 9.60. The fraction of sp³-hybridized carbons (Fsp3) is 0.412. The second kappa shape index (κ2) is 5.23. The van der Waals surface area contributed by atoms with Gasteiger partial charge in [-0.2, -0.15) is 0 Å². The van der Waals surface area contributed by atoms with E-state index in [0.717, 1.165) is 27.3 Å². The summed E-state index contributed by atoms with van der Waals surface area (Å²) in [7, 11) is 1.69. The first-order valence-electron chi connectivity index (χ1n) is 7.05. The first kappa shape index (κ1) is 13.7. The van der Waals surface area contributed by atoms with E-state index in [0.29, 0.717) is 0 Å². The summed E-state index contributed by atoms with van der Waals surface area (Å²) in [4.78, 5) is 2.53. The molecule has 0 amide bonds. The fourth-order valence-electron chi connectivity index (χ4n) is 3.11. The number of aliphatic hydroxyl groups excluding tert-OH is 1. The summed E-state index contributed by atoms with van der Waals surface area (Å²) < 4.78 is 5.39. The minimum absolute atomic E-state index is 0.520. The molecular formula is C17H20O2S. The molecule has 1 aromatic heterocycles. The Hall–Kier alpha value is -1.32. The zero-order chi connectivity index (χ0) is 14.3. The van der Waals surface area contributed by atoms with Crippen LogP contribution in [0.4, 0.5) is 0 Å². The standard InChI is InChI=1S/C17H20O2S/c1-10-7-13(8-11(2)17(10)19-3)16(18)15-9-12-5-4-6-14(12)20-15/h7-9,16,18H,4-6H2,1-3H3. The lowest BCUT2D eigenvalue weighted by molar-refractivity contribution is 0.224. The van der Waals surface area contributed by atoms with Crippen LogP contribution in [0.15, 0.2) is 18.2 Å².